The summed E-state index contributed by atoms with van der Waals surface area (Å²) in [6.07, 6.45) is 6.77. The molecule has 3 aliphatic rings. The monoisotopic (exact) mass is 414 g/mol. The van der Waals surface area contributed by atoms with Crippen molar-refractivity contribution in [1.82, 2.24) is 19.2 Å². The molecule has 0 spiro atoms. The second-order valence-electron chi connectivity index (χ2n) is 8.36. The number of fused-ring (bicyclic) bond motifs is 1. The van der Waals surface area contributed by atoms with Gasteiger partial charge in [0.05, 0.1) is 23.0 Å². The molecule has 2 aromatic rings. The van der Waals surface area contributed by atoms with E-state index in [4.69, 9.17) is 4.74 Å². The van der Waals surface area contributed by atoms with Gasteiger partial charge in [-0.2, -0.15) is 4.31 Å². The lowest BCUT2D eigenvalue weighted by atomic mass is 10.2. The molecule has 2 atom stereocenters. The number of rotatable bonds is 5. The van der Waals surface area contributed by atoms with E-state index >= 15 is 0 Å². The highest BCUT2D eigenvalue weighted by Crippen LogP contribution is 2.38. The van der Waals surface area contributed by atoms with Crippen LogP contribution in [0.15, 0.2) is 41.6 Å². The first-order valence-electron chi connectivity index (χ1n) is 10.3. The molecule has 0 radical (unpaired) electrons. The third-order valence-corrected chi connectivity index (χ3v) is 7.96. The Labute approximate surface area is 171 Å². The molecule has 5 rings (SSSR count). The summed E-state index contributed by atoms with van der Waals surface area (Å²) in [5.41, 5.74) is 2.01. The van der Waals surface area contributed by atoms with Gasteiger partial charge in [0.1, 0.15) is 6.10 Å². The van der Waals surface area contributed by atoms with Gasteiger partial charge in [-0.3, -0.25) is 9.88 Å². The highest BCUT2D eigenvalue weighted by atomic mass is 32.2. The number of benzene rings is 1. The quantitative estimate of drug-likeness (QED) is 0.747. The maximum Gasteiger partial charge on any atom is 0.243 e. The number of hydrogen-bond acceptors (Lipinski definition) is 6. The number of aryl methyl sites for hydroxylation is 1. The fourth-order valence-corrected chi connectivity index (χ4v) is 5.92. The first kappa shape index (κ1) is 19.0. The number of ether oxygens (including phenoxy) is 1. The first-order valence-corrected chi connectivity index (χ1v) is 11.7. The summed E-state index contributed by atoms with van der Waals surface area (Å²) in [5, 5.41) is 0. The van der Waals surface area contributed by atoms with Crippen molar-refractivity contribution >= 4 is 10.0 Å². The molecule has 8 heteroatoms. The van der Waals surface area contributed by atoms with Gasteiger partial charge in [0.2, 0.25) is 15.9 Å². The number of sulfonamides is 1. The lowest BCUT2D eigenvalue weighted by molar-refractivity contribution is 0.151. The third-order valence-electron chi connectivity index (χ3n) is 6.10. The number of nitrogens with zero attached hydrogens (tertiary/aromatic N) is 4. The average Bonchev–Trinajstić information content (AvgIpc) is 3.48. The Morgan fingerprint density at radius 1 is 1.10 bits per heavy atom. The van der Waals surface area contributed by atoms with E-state index in [1.807, 2.05) is 19.2 Å². The van der Waals surface area contributed by atoms with Gasteiger partial charge in [-0.25, -0.2) is 13.4 Å². The van der Waals surface area contributed by atoms with Crippen LogP contribution in [0.4, 0.5) is 0 Å². The predicted octanol–water partition coefficient (Wildman–Crippen LogP) is 2.19. The minimum absolute atomic E-state index is 0.0164. The van der Waals surface area contributed by atoms with E-state index in [1.54, 1.807) is 28.7 Å². The van der Waals surface area contributed by atoms with Crippen LogP contribution in [0.2, 0.25) is 0 Å². The highest BCUT2D eigenvalue weighted by Gasteiger charge is 2.41. The van der Waals surface area contributed by atoms with Crippen LogP contribution in [0.5, 0.6) is 5.88 Å². The van der Waals surface area contributed by atoms with Crippen molar-refractivity contribution in [3.63, 3.8) is 0 Å². The summed E-state index contributed by atoms with van der Waals surface area (Å²) >= 11 is 0. The van der Waals surface area contributed by atoms with Gasteiger partial charge in [0, 0.05) is 44.6 Å². The number of hydrogen-bond donors (Lipinski definition) is 0. The minimum atomic E-state index is -3.46. The Hall–Kier alpha value is -2.03. The van der Waals surface area contributed by atoms with Crippen molar-refractivity contribution in [2.24, 2.45) is 0 Å². The van der Waals surface area contributed by atoms with E-state index in [0.717, 1.165) is 30.8 Å². The molecular weight excluding hydrogens is 388 g/mol. The molecule has 0 amide bonds. The van der Waals surface area contributed by atoms with Crippen LogP contribution in [0.25, 0.3) is 0 Å². The molecule has 1 saturated carbocycles. The van der Waals surface area contributed by atoms with Gasteiger partial charge in [-0.05, 0) is 37.5 Å². The lowest BCUT2D eigenvalue weighted by Gasteiger charge is -2.36. The minimum Gasteiger partial charge on any atom is -0.472 e. The van der Waals surface area contributed by atoms with E-state index in [0.29, 0.717) is 29.8 Å². The summed E-state index contributed by atoms with van der Waals surface area (Å²) in [6.45, 7) is 4.45. The largest absolute Gasteiger partial charge is 0.472 e. The molecule has 7 nitrogen and oxygen atoms in total. The number of aromatic nitrogens is 2. The zero-order valence-electron chi connectivity index (χ0n) is 16.6. The molecule has 154 valence electrons. The van der Waals surface area contributed by atoms with E-state index in [-0.39, 0.29) is 12.1 Å². The maximum absolute atomic E-state index is 13.1. The topological polar surface area (TPSA) is 75.6 Å². The van der Waals surface area contributed by atoms with E-state index < -0.39 is 10.0 Å². The van der Waals surface area contributed by atoms with Gasteiger partial charge < -0.3 is 4.74 Å². The summed E-state index contributed by atoms with van der Waals surface area (Å²) < 4.78 is 33.8. The fourth-order valence-electron chi connectivity index (χ4n) is 4.34. The summed E-state index contributed by atoms with van der Waals surface area (Å²) in [4.78, 5) is 11.6. The van der Waals surface area contributed by atoms with Crippen molar-refractivity contribution in [1.29, 1.82) is 0 Å². The van der Waals surface area contributed by atoms with Crippen LogP contribution in [0, 0.1) is 6.92 Å². The molecule has 0 bridgehead atoms. The standard InChI is InChI=1S/C21H26N4O3S/c1-15-3-2-4-19(9-15)29(26,27)25-8-7-24-14-18(10-17(24)13-25)28-21-12-22-20(11-23-21)16-5-6-16/h2-4,9,11-12,16-18H,5-8,10,13-14H2,1H3/t17-,18+/m0/s1. The predicted molar refractivity (Wildman–Crippen MR) is 108 cm³/mol. The van der Waals surface area contributed by atoms with Crippen LogP contribution < -0.4 is 4.74 Å². The molecule has 3 fully saturated rings. The molecule has 0 unspecified atom stereocenters. The third kappa shape index (κ3) is 3.89. The average molecular weight is 415 g/mol. The Morgan fingerprint density at radius 3 is 2.69 bits per heavy atom. The molecule has 0 N–H and O–H groups in total. The van der Waals surface area contributed by atoms with E-state index in [9.17, 15) is 8.42 Å². The molecule has 2 saturated heterocycles. The van der Waals surface area contributed by atoms with Crippen LogP contribution in [0.3, 0.4) is 0 Å². The van der Waals surface area contributed by atoms with Gasteiger partial charge in [0.25, 0.3) is 0 Å². The van der Waals surface area contributed by atoms with Crippen LogP contribution in [0.1, 0.15) is 36.4 Å². The second kappa shape index (κ2) is 7.34. The zero-order valence-corrected chi connectivity index (χ0v) is 17.4. The molecule has 1 aliphatic carbocycles. The SMILES string of the molecule is Cc1cccc(S(=O)(=O)N2CCN3C[C@H](Oc4cnc(C5CC5)cn4)C[C@H]3C2)c1. The first-order chi connectivity index (χ1) is 14.0. The fraction of sp³-hybridized carbons (Fsp3) is 0.524. The van der Waals surface area contributed by atoms with Crippen molar-refractivity contribution < 1.29 is 13.2 Å². The Kier molecular flexibility index (Phi) is 4.80. The second-order valence-corrected chi connectivity index (χ2v) is 10.3. The summed E-state index contributed by atoms with van der Waals surface area (Å²) in [7, 11) is -3.46. The zero-order chi connectivity index (χ0) is 20.0. The van der Waals surface area contributed by atoms with Crippen LogP contribution >= 0.6 is 0 Å². The highest BCUT2D eigenvalue weighted by molar-refractivity contribution is 7.89. The van der Waals surface area contributed by atoms with Gasteiger partial charge in [0.15, 0.2) is 0 Å². The summed E-state index contributed by atoms with van der Waals surface area (Å²) in [5.74, 6) is 1.14. The molecule has 2 aliphatic heterocycles. The van der Waals surface area contributed by atoms with Gasteiger partial charge in [-0.15, -0.1) is 0 Å². The normalized spacial score (nSPS) is 25.7. The van der Waals surface area contributed by atoms with E-state index in [2.05, 4.69) is 14.9 Å². The maximum atomic E-state index is 13.1. The Morgan fingerprint density at radius 2 is 1.97 bits per heavy atom. The summed E-state index contributed by atoms with van der Waals surface area (Å²) in [6, 6.07) is 7.31. The van der Waals surface area contributed by atoms with E-state index in [1.165, 1.54) is 12.8 Å². The van der Waals surface area contributed by atoms with Crippen molar-refractivity contribution in [2.75, 3.05) is 26.2 Å². The Bertz CT molecular complexity index is 991. The molecule has 1 aromatic carbocycles. The molecule has 3 heterocycles. The number of piperazine rings is 1. The van der Waals surface area contributed by atoms with Crippen LogP contribution in [-0.2, 0) is 10.0 Å². The molecule has 29 heavy (non-hydrogen) atoms. The van der Waals surface area contributed by atoms with Crippen molar-refractivity contribution in [2.45, 2.75) is 49.1 Å². The lowest BCUT2D eigenvalue weighted by Crippen LogP contribution is -2.51. The smallest absolute Gasteiger partial charge is 0.243 e. The molecule has 1 aromatic heterocycles. The Balaban J connectivity index is 1.23. The van der Waals surface area contributed by atoms with Crippen LogP contribution in [-0.4, -0.2) is 65.9 Å². The molecular formula is C21H26N4O3S. The van der Waals surface area contributed by atoms with Crippen molar-refractivity contribution in [3.8, 4) is 5.88 Å². The van der Waals surface area contributed by atoms with Gasteiger partial charge >= 0.3 is 0 Å². The van der Waals surface area contributed by atoms with Crippen molar-refractivity contribution in [3.05, 3.63) is 47.9 Å². The van der Waals surface area contributed by atoms with Gasteiger partial charge in [-0.1, -0.05) is 12.1 Å².